The van der Waals surface area contributed by atoms with Crippen LogP contribution >= 0.6 is 0 Å². The van der Waals surface area contributed by atoms with Gasteiger partial charge in [-0.05, 0) is 6.92 Å². The lowest BCUT2D eigenvalue weighted by molar-refractivity contribution is 0.600. The second-order valence-corrected chi connectivity index (χ2v) is 4.47. The van der Waals surface area contributed by atoms with Gasteiger partial charge in [-0.1, -0.05) is 0 Å². The summed E-state index contributed by atoms with van der Waals surface area (Å²) >= 11 is 0. The molecule has 0 amide bonds. The van der Waals surface area contributed by atoms with Gasteiger partial charge in [0.05, 0.1) is 11.9 Å². The Labute approximate surface area is 65.8 Å². The van der Waals surface area contributed by atoms with Crippen LogP contribution in [0.1, 0.15) is 5.69 Å². The van der Waals surface area contributed by atoms with Gasteiger partial charge >= 0.3 is 0 Å². The Bertz CT molecular complexity index is 364. The minimum atomic E-state index is -3.10. The molecule has 4 nitrogen and oxygen atoms in total. The van der Waals surface area contributed by atoms with Crippen molar-refractivity contribution >= 4 is 9.84 Å². The third-order valence-electron chi connectivity index (χ3n) is 1.59. The van der Waals surface area contributed by atoms with E-state index in [4.69, 9.17) is 0 Å². The van der Waals surface area contributed by atoms with Gasteiger partial charge in [0.15, 0.2) is 9.84 Å². The summed E-state index contributed by atoms with van der Waals surface area (Å²) in [7, 11) is -1.38. The molecule has 62 valence electrons. The average molecular weight is 174 g/mol. The average Bonchev–Trinajstić information content (AvgIpc) is 2.11. The van der Waals surface area contributed by atoms with Crippen molar-refractivity contribution in [1.82, 2.24) is 9.78 Å². The number of nitrogens with zero attached hydrogens (tertiary/aromatic N) is 2. The summed E-state index contributed by atoms with van der Waals surface area (Å²) < 4.78 is 23.6. The van der Waals surface area contributed by atoms with Crippen LogP contribution in [-0.2, 0) is 16.9 Å². The highest BCUT2D eigenvalue weighted by molar-refractivity contribution is 7.90. The van der Waals surface area contributed by atoms with E-state index in [1.807, 2.05) is 0 Å². The van der Waals surface area contributed by atoms with E-state index in [9.17, 15) is 8.42 Å². The third kappa shape index (κ3) is 1.42. The van der Waals surface area contributed by atoms with Gasteiger partial charge in [0.25, 0.3) is 0 Å². The Balaban J connectivity index is 3.38. The number of sulfone groups is 1. The molecule has 0 saturated heterocycles. The molecule has 0 bridgehead atoms. The summed E-state index contributed by atoms with van der Waals surface area (Å²) in [5.41, 5.74) is 0.674. The molecular weight excluding hydrogens is 164 g/mol. The topological polar surface area (TPSA) is 52.0 Å². The summed E-state index contributed by atoms with van der Waals surface area (Å²) in [5, 5.41) is 3.82. The van der Waals surface area contributed by atoms with Gasteiger partial charge in [-0.2, -0.15) is 5.10 Å². The van der Waals surface area contributed by atoms with Crippen LogP contribution in [0.4, 0.5) is 0 Å². The number of aromatic nitrogens is 2. The van der Waals surface area contributed by atoms with Crippen LogP contribution in [-0.4, -0.2) is 24.5 Å². The quantitative estimate of drug-likeness (QED) is 0.608. The van der Waals surface area contributed by atoms with Crippen LogP contribution in [0.25, 0.3) is 0 Å². The highest BCUT2D eigenvalue weighted by atomic mass is 32.2. The first-order valence-corrected chi connectivity index (χ1v) is 5.00. The molecule has 0 saturated carbocycles. The van der Waals surface area contributed by atoms with Gasteiger partial charge in [-0.3, -0.25) is 4.68 Å². The SMILES string of the molecule is Cc1c(S(C)(=O)=O)cnn1C. The molecule has 1 heterocycles. The van der Waals surface area contributed by atoms with E-state index in [-0.39, 0.29) is 0 Å². The predicted octanol–water partition coefficient (Wildman–Crippen LogP) is 0.132. The van der Waals surface area contributed by atoms with Gasteiger partial charge < -0.3 is 0 Å². The summed E-state index contributed by atoms with van der Waals surface area (Å²) in [6.07, 6.45) is 2.54. The van der Waals surface area contributed by atoms with Crippen molar-refractivity contribution in [2.24, 2.45) is 7.05 Å². The number of hydrogen-bond acceptors (Lipinski definition) is 3. The van der Waals surface area contributed by atoms with E-state index in [2.05, 4.69) is 5.10 Å². The lowest BCUT2D eigenvalue weighted by Crippen LogP contribution is -1.99. The molecule has 0 aliphatic heterocycles. The van der Waals surface area contributed by atoms with Crippen molar-refractivity contribution in [1.29, 1.82) is 0 Å². The van der Waals surface area contributed by atoms with Crippen molar-refractivity contribution in [3.8, 4) is 0 Å². The van der Waals surface area contributed by atoms with Crippen LogP contribution in [0.15, 0.2) is 11.1 Å². The molecule has 0 radical (unpaired) electrons. The monoisotopic (exact) mass is 174 g/mol. The number of hydrogen-bond donors (Lipinski definition) is 0. The molecule has 5 heteroatoms. The minimum Gasteiger partial charge on any atom is -0.272 e. The van der Waals surface area contributed by atoms with E-state index in [1.165, 1.54) is 17.1 Å². The predicted molar refractivity (Wildman–Crippen MR) is 41.1 cm³/mol. The van der Waals surface area contributed by atoms with Crippen LogP contribution < -0.4 is 0 Å². The Morgan fingerprint density at radius 3 is 2.27 bits per heavy atom. The Morgan fingerprint density at radius 1 is 1.55 bits per heavy atom. The Morgan fingerprint density at radius 2 is 2.09 bits per heavy atom. The summed E-state index contributed by atoms with van der Waals surface area (Å²) in [5.74, 6) is 0. The maximum absolute atomic E-state index is 11.0. The molecule has 0 aliphatic carbocycles. The normalized spacial score (nSPS) is 11.9. The lowest BCUT2D eigenvalue weighted by atomic mass is 10.5. The fraction of sp³-hybridized carbons (Fsp3) is 0.500. The molecule has 0 atom stereocenters. The molecule has 1 aromatic rings. The van der Waals surface area contributed by atoms with Gasteiger partial charge in [-0.15, -0.1) is 0 Å². The van der Waals surface area contributed by atoms with Crippen LogP contribution in [0, 0.1) is 6.92 Å². The van der Waals surface area contributed by atoms with Crippen molar-refractivity contribution in [3.05, 3.63) is 11.9 Å². The van der Waals surface area contributed by atoms with Gasteiger partial charge in [0.2, 0.25) is 0 Å². The molecular formula is C6H10N2O2S. The molecule has 0 unspecified atom stereocenters. The van der Waals surface area contributed by atoms with E-state index in [1.54, 1.807) is 14.0 Å². The molecule has 0 aromatic carbocycles. The van der Waals surface area contributed by atoms with Crippen molar-refractivity contribution in [3.63, 3.8) is 0 Å². The Hall–Kier alpha value is -0.840. The minimum absolute atomic E-state index is 0.306. The van der Waals surface area contributed by atoms with Crippen LogP contribution in [0.2, 0.25) is 0 Å². The maximum atomic E-state index is 11.0. The second-order valence-electron chi connectivity index (χ2n) is 2.49. The number of aryl methyl sites for hydroxylation is 1. The van der Waals surface area contributed by atoms with Crippen LogP contribution in [0.5, 0.6) is 0 Å². The lowest BCUT2D eigenvalue weighted by Gasteiger charge is -1.95. The van der Waals surface area contributed by atoms with Crippen molar-refractivity contribution in [2.75, 3.05) is 6.26 Å². The van der Waals surface area contributed by atoms with E-state index < -0.39 is 9.84 Å². The zero-order chi connectivity index (χ0) is 8.65. The first-order chi connectivity index (χ1) is 4.93. The standard InChI is InChI=1S/C6H10N2O2S/c1-5-6(11(3,9)10)4-7-8(5)2/h4H,1-3H3. The maximum Gasteiger partial charge on any atom is 0.178 e. The number of rotatable bonds is 1. The zero-order valence-corrected chi connectivity index (χ0v) is 7.51. The van der Waals surface area contributed by atoms with Gasteiger partial charge in [0, 0.05) is 13.3 Å². The fourth-order valence-corrected chi connectivity index (χ4v) is 1.75. The highest BCUT2D eigenvalue weighted by Crippen LogP contribution is 2.11. The molecule has 11 heavy (non-hydrogen) atoms. The smallest absolute Gasteiger partial charge is 0.178 e. The summed E-state index contributed by atoms with van der Waals surface area (Å²) in [6, 6.07) is 0. The first kappa shape index (κ1) is 8.26. The van der Waals surface area contributed by atoms with Crippen LogP contribution in [0.3, 0.4) is 0 Å². The Kier molecular flexibility index (Phi) is 1.75. The zero-order valence-electron chi connectivity index (χ0n) is 6.70. The first-order valence-electron chi connectivity index (χ1n) is 3.11. The van der Waals surface area contributed by atoms with E-state index in [0.717, 1.165) is 0 Å². The fourth-order valence-electron chi connectivity index (χ4n) is 0.843. The molecule has 1 aromatic heterocycles. The molecule has 0 fully saturated rings. The second kappa shape index (κ2) is 2.34. The van der Waals surface area contributed by atoms with Crippen molar-refractivity contribution < 1.29 is 8.42 Å². The molecule has 0 spiro atoms. The third-order valence-corrected chi connectivity index (χ3v) is 2.79. The molecule has 0 N–H and O–H groups in total. The molecule has 0 aliphatic rings. The summed E-state index contributed by atoms with van der Waals surface area (Å²) in [6.45, 7) is 1.73. The van der Waals surface area contributed by atoms with Gasteiger partial charge in [0.1, 0.15) is 4.90 Å². The van der Waals surface area contributed by atoms with E-state index >= 15 is 0 Å². The summed E-state index contributed by atoms with van der Waals surface area (Å²) in [4.78, 5) is 0.306. The van der Waals surface area contributed by atoms with Crippen molar-refractivity contribution in [2.45, 2.75) is 11.8 Å². The highest BCUT2D eigenvalue weighted by Gasteiger charge is 2.13. The van der Waals surface area contributed by atoms with E-state index in [0.29, 0.717) is 10.6 Å². The largest absolute Gasteiger partial charge is 0.272 e. The molecule has 1 rings (SSSR count). The van der Waals surface area contributed by atoms with Gasteiger partial charge in [-0.25, -0.2) is 8.42 Å².